The lowest BCUT2D eigenvalue weighted by Gasteiger charge is -2.37. The number of aliphatic hydroxyl groups is 1. The van der Waals surface area contributed by atoms with Gasteiger partial charge in [-0.15, -0.1) is 11.3 Å². The molecule has 2 aromatic heterocycles. The fourth-order valence-electron chi connectivity index (χ4n) is 4.39. The summed E-state index contributed by atoms with van der Waals surface area (Å²) < 4.78 is 13.6. The number of thiazole rings is 1. The Morgan fingerprint density at radius 1 is 0.811 bits per heavy atom. The lowest BCUT2D eigenvalue weighted by molar-refractivity contribution is -0.0893. The smallest absolute Gasteiger partial charge is 0.313 e. The van der Waals surface area contributed by atoms with Gasteiger partial charge in [0, 0.05) is 22.4 Å². The molecule has 0 spiro atoms. The van der Waals surface area contributed by atoms with Gasteiger partial charge in [0.25, 0.3) is 0 Å². The van der Waals surface area contributed by atoms with E-state index < -0.39 is 11.2 Å². The highest BCUT2D eigenvalue weighted by molar-refractivity contribution is 7.21. The van der Waals surface area contributed by atoms with Crippen molar-refractivity contribution in [3.8, 4) is 21.7 Å². The molecule has 0 fully saturated rings. The first-order valence-corrected chi connectivity index (χ1v) is 13.3. The van der Waals surface area contributed by atoms with Crippen LogP contribution in [-0.2, 0) is 4.65 Å². The topological polar surface area (TPSA) is 55.5 Å². The molecular weight excluding hydrogens is 477 g/mol. The summed E-state index contributed by atoms with van der Waals surface area (Å²) in [6.07, 6.45) is 0. The van der Waals surface area contributed by atoms with Crippen LogP contribution >= 0.6 is 11.3 Å². The molecule has 6 rings (SSSR count). The molecule has 2 heterocycles. The number of rotatable bonds is 6. The normalized spacial score (nSPS) is 12.6. The fraction of sp³-hybridized carbons (Fsp3) is 0.194. The standard InChI is InChI=1S/C31H28BNO3S/c1-30(2,34)31(3,4)36-32-24-12-8-11-22-23-17-25-27(18-26(23)35-28(22)24)37-29(33-25)21-15-13-20(14-16-21)19-9-6-5-7-10-19/h5-18,32,34H,1-4H3. The van der Waals surface area contributed by atoms with Crippen molar-refractivity contribution in [1.29, 1.82) is 0 Å². The monoisotopic (exact) mass is 505 g/mol. The molecule has 0 bridgehead atoms. The van der Waals surface area contributed by atoms with Crippen molar-refractivity contribution in [2.24, 2.45) is 0 Å². The molecule has 0 saturated heterocycles. The molecule has 0 radical (unpaired) electrons. The van der Waals surface area contributed by atoms with Crippen LogP contribution in [0.15, 0.2) is 89.3 Å². The van der Waals surface area contributed by atoms with E-state index in [9.17, 15) is 5.11 Å². The summed E-state index contributed by atoms with van der Waals surface area (Å²) in [6, 6.07) is 29.3. The zero-order valence-corrected chi connectivity index (χ0v) is 22.2. The average Bonchev–Trinajstić information content (AvgIpc) is 3.47. The number of para-hydroxylation sites is 1. The molecule has 0 aliphatic heterocycles. The van der Waals surface area contributed by atoms with Crippen LogP contribution in [0.1, 0.15) is 27.7 Å². The number of furan rings is 1. The maximum Gasteiger partial charge on any atom is 0.313 e. The lowest BCUT2D eigenvalue weighted by Crippen LogP contribution is -2.49. The van der Waals surface area contributed by atoms with Crippen molar-refractivity contribution in [3.05, 3.63) is 84.9 Å². The van der Waals surface area contributed by atoms with Crippen molar-refractivity contribution in [2.45, 2.75) is 38.9 Å². The van der Waals surface area contributed by atoms with Crippen LogP contribution < -0.4 is 5.46 Å². The third-order valence-corrected chi connectivity index (χ3v) is 8.46. The highest BCUT2D eigenvalue weighted by Gasteiger charge is 2.36. The molecule has 6 aromatic rings. The second-order valence-electron chi connectivity index (χ2n) is 10.5. The summed E-state index contributed by atoms with van der Waals surface area (Å²) in [4.78, 5) is 4.96. The van der Waals surface area contributed by atoms with Crippen LogP contribution in [-0.4, -0.2) is 28.8 Å². The van der Waals surface area contributed by atoms with Crippen LogP contribution in [0.25, 0.3) is 53.9 Å². The zero-order chi connectivity index (χ0) is 25.8. The average molecular weight is 505 g/mol. The van der Waals surface area contributed by atoms with E-state index in [0.29, 0.717) is 7.48 Å². The molecule has 1 N–H and O–H groups in total. The van der Waals surface area contributed by atoms with Crippen molar-refractivity contribution in [1.82, 2.24) is 4.98 Å². The second kappa shape index (κ2) is 8.84. The van der Waals surface area contributed by atoms with Crippen LogP contribution in [0.2, 0.25) is 0 Å². The molecule has 0 unspecified atom stereocenters. The summed E-state index contributed by atoms with van der Waals surface area (Å²) in [6.45, 7) is 7.33. The number of fused-ring (bicyclic) bond motifs is 4. The predicted molar refractivity (Wildman–Crippen MR) is 156 cm³/mol. The van der Waals surface area contributed by atoms with Gasteiger partial charge >= 0.3 is 7.48 Å². The van der Waals surface area contributed by atoms with Gasteiger partial charge in [-0.2, -0.15) is 0 Å². The quantitative estimate of drug-likeness (QED) is 0.246. The zero-order valence-electron chi connectivity index (χ0n) is 21.4. The van der Waals surface area contributed by atoms with Gasteiger partial charge in [-0.05, 0) is 50.4 Å². The summed E-state index contributed by atoms with van der Waals surface area (Å²) in [5, 5.41) is 13.5. The molecule has 4 aromatic carbocycles. The van der Waals surface area contributed by atoms with Gasteiger partial charge in [-0.1, -0.05) is 72.8 Å². The largest absolute Gasteiger partial charge is 0.456 e. The van der Waals surface area contributed by atoms with E-state index in [4.69, 9.17) is 14.1 Å². The Labute approximate surface area is 220 Å². The molecule has 6 heteroatoms. The minimum absolute atomic E-state index is 0.351. The molecule has 0 saturated carbocycles. The molecule has 4 nitrogen and oxygen atoms in total. The van der Waals surface area contributed by atoms with E-state index in [2.05, 4.69) is 66.7 Å². The summed E-state index contributed by atoms with van der Waals surface area (Å²) >= 11 is 1.67. The van der Waals surface area contributed by atoms with Crippen molar-refractivity contribution in [3.63, 3.8) is 0 Å². The Kier molecular flexibility index (Phi) is 5.72. The van der Waals surface area contributed by atoms with Gasteiger partial charge in [0.2, 0.25) is 0 Å². The lowest BCUT2D eigenvalue weighted by atomic mass is 9.82. The van der Waals surface area contributed by atoms with E-state index in [1.165, 1.54) is 11.1 Å². The van der Waals surface area contributed by atoms with E-state index >= 15 is 0 Å². The number of nitrogens with zero attached hydrogens (tertiary/aromatic N) is 1. The van der Waals surface area contributed by atoms with Crippen LogP contribution in [0.5, 0.6) is 0 Å². The Bertz CT molecular complexity index is 1730. The molecule has 0 amide bonds. The Morgan fingerprint density at radius 2 is 1.51 bits per heavy atom. The number of benzene rings is 4. The van der Waals surface area contributed by atoms with Crippen LogP contribution in [0.3, 0.4) is 0 Å². The minimum Gasteiger partial charge on any atom is -0.456 e. The van der Waals surface area contributed by atoms with Gasteiger partial charge in [0.05, 0.1) is 21.4 Å². The third kappa shape index (κ3) is 4.35. The van der Waals surface area contributed by atoms with E-state index in [1.54, 1.807) is 25.2 Å². The van der Waals surface area contributed by atoms with Gasteiger partial charge in [0.15, 0.2) is 0 Å². The highest BCUT2D eigenvalue weighted by Crippen LogP contribution is 2.37. The summed E-state index contributed by atoms with van der Waals surface area (Å²) in [5.41, 5.74) is 5.42. The molecular formula is C31H28BNO3S. The first kappa shape index (κ1) is 23.9. The molecule has 184 valence electrons. The van der Waals surface area contributed by atoms with E-state index in [0.717, 1.165) is 48.2 Å². The van der Waals surface area contributed by atoms with Crippen molar-refractivity contribution < 1.29 is 14.2 Å². The predicted octanol–water partition coefficient (Wildman–Crippen LogP) is 7.07. The molecule has 0 aliphatic carbocycles. The molecule has 37 heavy (non-hydrogen) atoms. The fourth-order valence-corrected chi connectivity index (χ4v) is 5.37. The maximum atomic E-state index is 10.5. The first-order valence-electron chi connectivity index (χ1n) is 12.5. The van der Waals surface area contributed by atoms with Crippen LogP contribution in [0, 0.1) is 0 Å². The molecule has 0 atom stereocenters. The summed E-state index contributed by atoms with van der Waals surface area (Å²) in [5.74, 6) is 0. The Hall–Kier alpha value is -3.45. The molecule has 0 aliphatic rings. The van der Waals surface area contributed by atoms with Gasteiger partial charge < -0.3 is 14.2 Å². The number of hydrogen-bond acceptors (Lipinski definition) is 5. The second-order valence-corrected chi connectivity index (χ2v) is 11.6. The first-order chi connectivity index (χ1) is 17.7. The van der Waals surface area contributed by atoms with Gasteiger partial charge in [-0.3, -0.25) is 0 Å². The van der Waals surface area contributed by atoms with Gasteiger partial charge in [0.1, 0.15) is 16.2 Å². The summed E-state index contributed by atoms with van der Waals surface area (Å²) in [7, 11) is 0.351. The maximum absolute atomic E-state index is 10.5. The van der Waals surface area contributed by atoms with E-state index in [-0.39, 0.29) is 0 Å². The van der Waals surface area contributed by atoms with Gasteiger partial charge in [-0.25, -0.2) is 4.98 Å². The highest BCUT2D eigenvalue weighted by atomic mass is 32.1. The van der Waals surface area contributed by atoms with Crippen LogP contribution in [0.4, 0.5) is 0 Å². The van der Waals surface area contributed by atoms with Crippen molar-refractivity contribution >= 4 is 56.4 Å². The SMILES string of the molecule is CC(C)(O)C(C)(C)OBc1cccc2c1oc1cc3sc(-c4ccc(-c5ccccc5)cc4)nc3cc12. The number of hydrogen-bond donors (Lipinski definition) is 1. The van der Waals surface area contributed by atoms with E-state index in [1.807, 2.05) is 32.0 Å². The van der Waals surface area contributed by atoms with Crippen molar-refractivity contribution in [2.75, 3.05) is 0 Å². The Morgan fingerprint density at radius 3 is 2.24 bits per heavy atom. The minimum atomic E-state index is -0.968. The number of aromatic nitrogens is 1. The Balaban J connectivity index is 1.34. The third-order valence-electron chi connectivity index (χ3n) is 7.39.